The molecule has 9 heteroatoms. The summed E-state index contributed by atoms with van der Waals surface area (Å²) in [6, 6.07) is 7.15. The highest BCUT2D eigenvalue weighted by molar-refractivity contribution is 6.17. The molecule has 1 amide bonds. The van der Waals surface area contributed by atoms with E-state index in [1.54, 1.807) is 18.2 Å². The molecule has 2 fully saturated rings. The lowest BCUT2D eigenvalue weighted by atomic mass is 10.0. The first-order valence-corrected chi connectivity index (χ1v) is 10.6. The number of hydrogen-bond donors (Lipinski definition) is 5. The Morgan fingerprint density at radius 3 is 2.71 bits per heavy atom. The number of benzene rings is 1. The number of carbonyl (C=O) groups is 1. The van der Waals surface area contributed by atoms with Gasteiger partial charge in [0.1, 0.15) is 23.7 Å². The number of fused-ring (bicyclic) bond motifs is 1. The van der Waals surface area contributed by atoms with Crippen LogP contribution in [0, 0.1) is 11.3 Å². The molecule has 9 nitrogen and oxygen atoms in total. The Balaban J connectivity index is 1.36. The molecule has 2 aliphatic rings. The third-order valence-corrected chi connectivity index (χ3v) is 6.10. The van der Waals surface area contributed by atoms with Crippen LogP contribution in [0.5, 0.6) is 5.75 Å². The van der Waals surface area contributed by atoms with Crippen molar-refractivity contribution < 1.29 is 9.90 Å². The first-order valence-electron chi connectivity index (χ1n) is 10.6. The minimum atomic E-state index is 0.125. The zero-order valence-corrected chi connectivity index (χ0v) is 17.1. The van der Waals surface area contributed by atoms with Gasteiger partial charge >= 0.3 is 0 Å². The number of phenols is 1. The standard InChI is InChI=1S/C22H25N7O2/c23-18(15-10-13-2-1-3-16(30)19(13)28-15)17-20(24)25-11-26-21(17)27-14-6-8-29(9-7-14)22(31)12-4-5-12/h1-3,10-12,14,23,28,30H,4-9H2,(H3,24,25,26,27). The fourth-order valence-electron chi connectivity index (χ4n) is 4.19. The Hall–Kier alpha value is -3.62. The number of nitrogens with one attached hydrogen (secondary N) is 3. The normalized spacial score (nSPS) is 17.1. The van der Waals surface area contributed by atoms with E-state index in [1.165, 1.54) is 6.33 Å². The molecule has 3 aromatic rings. The number of aromatic amines is 1. The van der Waals surface area contributed by atoms with Crippen molar-refractivity contribution in [3.8, 4) is 5.75 Å². The van der Waals surface area contributed by atoms with E-state index in [0.717, 1.165) is 44.2 Å². The van der Waals surface area contributed by atoms with Gasteiger partial charge in [-0.05, 0) is 37.8 Å². The molecule has 0 radical (unpaired) electrons. The first-order chi connectivity index (χ1) is 15.0. The summed E-state index contributed by atoms with van der Waals surface area (Å²) in [6.45, 7) is 1.45. The van der Waals surface area contributed by atoms with Crippen LogP contribution in [0.4, 0.5) is 11.6 Å². The molecular formula is C22H25N7O2. The zero-order chi connectivity index (χ0) is 21.5. The molecule has 0 unspecified atom stereocenters. The van der Waals surface area contributed by atoms with E-state index in [-0.39, 0.29) is 35.1 Å². The van der Waals surface area contributed by atoms with Crippen LogP contribution in [0.15, 0.2) is 30.6 Å². The molecule has 1 saturated carbocycles. The molecule has 0 atom stereocenters. The quantitative estimate of drug-likeness (QED) is 0.402. The number of carbonyl (C=O) groups excluding carboxylic acids is 1. The smallest absolute Gasteiger partial charge is 0.225 e. The Morgan fingerprint density at radius 2 is 2.00 bits per heavy atom. The Labute approximate surface area is 179 Å². The predicted molar refractivity (Wildman–Crippen MR) is 118 cm³/mol. The minimum absolute atomic E-state index is 0.125. The van der Waals surface area contributed by atoms with Crippen molar-refractivity contribution in [2.45, 2.75) is 31.7 Å². The van der Waals surface area contributed by atoms with Gasteiger partial charge in [0.15, 0.2) is 0 Å². The van der Waals surface area contributed by atoms with Crippen molar-refractivity contribution in [2.75, 3.05) is 24.1 Å². The summed E-state index contributed by atoms with van der Waals surface area (Å²) in [5.74, 6) is 1.38. The number of nitrogens with zero attached hydrogens (tertiary/aromatic N) is 3. The van der Waals surface area contributed by atoms with Crippen LogP contribution in [0.1, 0.15) is 36.9 Å². The topological polar surface area (TPSA) is 144 Å². The zero-order valence-electron chi connectivity index (χ0n) is 17.1. The molecule has 0 bridgehead atoms. The molecule has 2 aromatic heterocycles. The SMILES string of the molecule is N=C(c1cc2cccc(O)c2[nH]1)c1c(N)ncnc1NC1CCN(C(=O)C2CC2)CC1. The average Bonchev–Trinajstić information content (AvgIpc) is 3.52. The van der Waals surface area contributed by atoms with Gasteiger partial charge in [-0.1, -0.05) is 12.1 Å². The summed E-state index contributed by atoms with van der Waals surface area (Å²) >= 11 is 0. The van der Waals surface area contributed by atoms with Gasteiger partial charge in [0.05, 0.1) is 22.5 Å². The summed E-state index contributed by atoms with van der Waals surface area (Å²) in [7, 11) is 0. The third kappa shape index (κ3) is 3.67. The van der Waals surface area contributed by atoms with Crippen LogP contribution in [0.25, 0.3) is 10.9 Å². The van der Waals surface area contributed by atoms with Crippen molar-refractivity contribution in [1.82, 2.24) is 19.9 Å². The van der Waals surface area contributed by atoms with Crippen molar-refractivity contribution in [3.63, 3.8) is 0 Å². The van der Waals surface area contributed by atoms with Gasteiger partial charge < -0.3 is 26.0 Å². The molecule has 6 N–H and O–H groups in total. The highest BCUT2D eigenvalue weighted by atomic mass is 16.3. The van der Waals surface area contributed by atoms with Gasteiger partial charge in [0, 0.05) is 30.4 Å². The second kappa shape index (κ2) is 7.57. The monoisotopic (exact) mass is 419 g/mol. The van der Waals surface area contributed by atoms with Gasteiger partial charge in [-0.25, -0.2) is 9.97 Å². The summed E-state index contributed by atoms with van der Waals surface area (Å²) in [5, 5.41) is 23.0. The average molecular weight is 419 g/mol. The number of likely N-dealkylation sites (tertiary alicyclic amines) is 1. The fraction of sp³-hybridized carbons (Fsp3) is 0.364. The number of piperidine rings is 1. The molecule has 3 heterocycles. The van der Waals surface area contributed by atoms with Gasteiger partial charge in [0.2, 0.25) is 5.91 Å². The number of amides is 1. The van der Waals surface area contributed by atoms with Gasteiger partial charge in [0.25, 0.3) is 0 Å². The molecule has 160 valence electrons. The van der Waals surface area contributed by atoms with E-state index in [2.05, 4.69) is 20.3 Å². The highest BCUT2D eigenvalue weighted by Crippen LogP contribution is 2.32. The second-order valence-electron chi connectivity index (χ2n) is 8.30. The lowest BCUT2D eigenvalue weighted by Crippen LogP contribution is -2.43. The van der Waals surface area contributed by atoms with Crippen LogP contribution in [0.3, 0.4) is 0 Å². The van der Waals surface area contributed by atoms with Crippen LogP contribution in [0.2, 0.25) is 0 Å². The van der Waals surface area contributed by atoms with E-state index in [9.17, 15) is 9.90 Å². The number of para-hydroxylation sites is 1. The summed E-state index contributed by atoms with van der Waals surface area (Å²) in [4.78, 5) is 25.8. The number of aromatic nitrogens is 3. The van der Waals surface area contributed by atoms with Gasteiger partial charge in [-0.15, -0.1) is 0 Å². The largest absolute Gasteiger partial charge is 0.506 e. The number of anilines is 2. The number of aromatic hydroxyl groups is 1. The fourth-order valence-corrected chi connectivity index (χ4v) is 4.19. The second-order valence-corrected chi connectivity index (χ2v) is 8.30. The van der Waals surface area contributed by atoms with E-state index < -0.39 is 0 Å². The molecular weight excluding hydrogens is 394 g/mol. The molecule has 1 saturated heterocycles. The maximum Gasteiger partial charge on any atom is 0.225 e. The first kappa shape index (κ1) is 19.3. The lowest BCUT2D eigenvalue weighted by Gasteiger charge is -2.33. The summed E-state index contributed by atoms with van der Waals surface area (Å²) in [6.07, 6.45) is 5.06. The van der Waals surface area contributed by atoms with Crippen molar-refractivity contribution in [3.05, 3.63) is 41.9 Å². The Morgan fingerprint density at radius 1 is 1.23 bits per heavy atom. The van der Waals surface area contributed by atoms with E-state index in [0.29, 0.717) is 22.6 Å². The summed E-state index contributed by atoms with van der Waals surface area (Å²) < 4.78 is 0. The number of H-pyrrole nitrogens is 1. The highest BCUT2D eigenvalue weighted by Gasteiger charge is 2.35. The van der Waals surface area contributed by atoms with Crippen LogP contribution in [-0.2, 0) is 4.79 Å². The molecule has 0 spiro atoms. The predicted octanol–water partition coefficient (Wildman–Crippen LogP) is 2.47. The Bertz CT molecular complexity index is 1160. The molecule has 1 aromatic carbocycles. The van der Waals surface area contributed by atoms with Gasteiger partial charge in [-0.3, -0.25) is 10.2 Å². The summed E-state index contributed by atoms with van der Waals surface area (Å²) in [5.41, 5.74) is 7.80. The number of nitrogen functional groups attached to an aromatic ring is 1. The van der Waals surface area contributed by atoms with E-state index >= 15 is 0 Å². The number of nitrogens with two attached hydrogens (primary N) is 1. The van der Waals surface area contributed by atoms with E-state index in [4.69, 9.17) is 11.1 Å². The number of hydrogen-bond acceptors (Lipinski definition) is 7. The molecule has 5 rings (SSSR count). The van der Waals surface area contributed by atoms with Crippen LogP contribution in [-0.4, -0.2) is 55.7 Å². The molecule has 31 heavy (non-hydrogen) atoms. The maximum absolute atomic E-state index is 12.3. The van der Waals surface area contributed by atoms with Crippen LogP contribution < -0.4 is 11.1 Å². The van der Waals surface area contributed by atoms with Crippen LogP contribution >= 0.6 is 0 Å². The van der Waals surface area contributed by atoms with Gasteiger partial charge in [-0.2, -0.15) is 0 Å². The molecule has 1 aliphatic heterocycles. The maximum atomic E-state index is 12.3. The van der Waals surface area contributed by atoms with Crippen molar-refractivity contribution >= 4 is 34.2 Å². The minimum Gasteiger partial charge on any atom is -0.506 e. The lowest BCUT2D eigenvalue weighted by molar-refractivity contribution is -0.133. The molecule has 1 aliphatic carbocycles. The van der Waals surface area contributed by atoms with Crippen molar-refractivity contribution in [2.24, 2.45) is 5.92 Å². The number of phenolic OH excluding ortho intramolecular Hbond substituents is 1. The van der Waals surface area contributed by atoms with E-state index in [1.807, 2.05) is 11.0 Å². The van der Waals surface area contributed by atoms with Crippen molar-refractivity contribution in [1.29, 1.82) is 5.41 Å². The third-order valence-electron chi connectivity index (χ3n) is 6.10. The Kier molecular flexibility index (Phi) is 4.72. The number of rotatable bonds is 5.